The van der Waals surface area contributed by atoms with Crippen molar-refractivity contribution < 1.29 is 43.0 Å². The first kappa shape index (κ1) is 57.0. The van der Waals surface area contributed by atoms with Crippen molar-refractivity contribution in [3.05, 3.63) is 35.9 Å². The van der Waals surface area contributed by atoms with Crippen molar-refractivity contribution in [2.45, 2.75) is 156 Å². The fourth-order valence-electron chi connectivity index (χ4n) is 8.80. The van der Waals surface area contributed by atoms with Gasteiger partial charge in [-0.25, -0.2) is 0 Å². The molecule has 370 valence electrons. The van der Waals surface area contributed by atoms with Crippen LogP contribution < -0.4 is 21.7 Å². The summed E-state index contributed by atoms with van der Waals surface area (Å²) in [6.07, 6.45) is 1.21. The quantitative estimate of drug-likeness (QED) is 0.0779. The van der Waals surface area contributed by atoms with Gasteiger partial charge in [-0.1, -0.05) is 106 Å². The number of likely N-dealkylation sites (N-methyl/N-ethyl adjacent to an activating group) is 2. The van der Waals surface area contributed by atoms with Gasteiger partial charge in [0.25, 0.3) is 0 Å². The van der Waals surface area contributed by atoms with Gasteiger partial charge >= 0.3 is 5.97 Å². The molecule has 5 amide bonds. The maximum Gasteiger partial charge on any atom is 0.323 e. The highest BCUT2D eigenvalue weighted by molar-refractivity contribution is 5.91. The van der Waals surface area contributed by atoms with Crippen molar-refractivity contribution in [2.24, 2.45) is 34.8 Å². The largest absolute Gasteiger partial charge is 0.464 e. The van der Waals surface area contributed by atoms with Crippen LogP contribution in [0, 0.1) is 29.1 Å². The van der Waals surface area contributed by atoms with E-state index in [9.17, 15) is 28.8 Å². The van der Waals surface area contributed by atoms with Gasteiger partial charge < -0.3 is 45.7 Å². The molecular formula is C49H85N7O9. The Morgan fingerprint density at radius 2 is 1.51 bits per heavy atom. The second-order valence-corrected chi connectivity index (χ2v) is 19.9. The minimum Gasteiger partial charge on any atom is -0.464 e. The van der Waals surface area contributed by atoms with Crippen LogP contribution in [0.2, 0.25) is 0 Å². The Labute approximate surface area is 390 Å². The van der Waals surface area contributed by atoms with E-state index in [0.717, 1.165) is 5.56 Å². The van der Waals surface area contributed by atoms with Gasteiger partial charge in [0.2, 0.25) is 29.5 Å². The number of carbonyl (C=O) groups excluding carboxylic acids is 6. The Hall–Kier alpha value is -4.12. The maximum atomic E-state index is 14.4. The number of nitrogens with two attached hydrogens (primary N) is 1. The molecular weight excluding hydrogens is 831 g/mol. The molecule has 16 nitrogen and oxygen atoms in total. The van der Waals surface area contributed by atoms with E-state index < -0.39 is 71.7 Å². The molecule has 16 heteroatoms. The van der Waals surface area contributed by atoms with E-state index in [2.05, 4.69) is 16.0 Å². The second-order valence-electron chi connectivity index (χ2n) is 19.9. The lowest BCUT2D eigenvalue weighted by Gasteiger charge is -2.41. The van der Waals surface area contributed by atoms with Crippen LogP contribution >= 0.6 is 0 Å². The number of carbonyl (C=O) groups is 6. The number of likely N-dealkylation sites (tertiary alicyclic amines) is 1. The lowest BCUT2D eigenvalue weighted by Crippen LogP contribution is -2.59. The van der Waals surface area contributed by atoms with E-state index in [0.29, 0.717) is 32.2 Å². The van der Waals surface area contributed by atoms with E-state index in [4.69, 9.17) is 19.9 Å². The second kappa shape index (κ2) is 26.9. The number of hydrogen-bond donors (Lipinski definition) is 4. The van der Waals surface area contributed by atoms with Gasteiger partial charge in [0, 0.05) is 40.8 Å². The summed E-state index contributed by atoms with van der Waals surface area (Å²) < 4.78 is 17.4. The van der Waals surface area contributed by atoms with Gasteiger partial charge in [-0.3, -0.25) is 33.7 Å². The van der Waals surface area contributed by atoms with Crippen molar-refractivity contribution in [1.82, 2.24) is 30.7 Å². The Kier molecular flexibility index (Phi) is 23.6. The van der Waals surface area contributed by atoms with E-state index in [1.165, 1.54) is 7.11 Å². The van der Waals surface area contributed by atoms with Crippen molar-refractivity contribution in [2.75, 3.05) is 55.1 Å². The van der Waals surface area contributed by atoms with Crippen LogP contribution in [0.5, 0.6) is 0 Å². The van der Waals surface area contributed by atoms with Crippen LogP contribution in [0.1, 0.15) is 107 Å². The molecule has 0 unspecified atom stereocenters. The molecule has 1 aliphatic heterocycles. The van der Waals surface area contributed by atoms with Crippen LogP contribution in [-0.2, 0) is 49.4 Å². The number of amides is 5. The zero-order chi connectivity index (χ0) is 49.3. The van der Waals surface area contributed by atoms with Crippen molar-refractivity contribution in [1.29, 1.82) is 0 Å². The van der Waals surface area contributed by atoms with Crippen LogP contribution in [0.3, 0.4) is 0 Å². The smallest absolute Gasteiger partial charge is 0.323 e. The summed E-state index contributed by atoms with van der Waals surface area (Å²) in [5.41, 5.74) is 6.41. The number of ether oxygens (including phenoxy) is 3. The third-order valence-corrected chi connectivity index (χ3v) is 12.9. The van der Waals surface area contributed by atoms with Crippen LogP contribution in [0.25, 0.3) is 0 Å². The summed E-state index contributed by atoms with van der Waals surface area (Å²) in [5, 5.41) is 8.87. The molecule has 10 atom stereocenters. The highest BCUT2D eigenvalue weighted by Crippen LogP contribution is 2.30. The lowest BCUT2D eigenvalue weighted by molar-refractivity contribution is -0.148. The summed E-state index contributed by atoms with van der Waals surface area (Å²) in [6.45, 7) is 19.9. The van der Waals surface area contributed by atoms with Gasteiger partial charge in [-0.05, 0) is 62.1 Å². The summed E-state index contributed by atoms with van der Waals surface area (Å²) in [6, 6.07) is 5.54. The molecule has 2 rings (SSSR count). The van der Waals surface area contributed by atoms with Crippen molar-refractivity contribution >= 4 is 35.5 Å². The van der Waals surface area contributed by atoms with E-state index in [1.807, 2.05) is 112 Å². The summed E-state index contributed by atoms with van der Waals surface area (Å²) in [7, 11) is 8.48. The lowest BCUT2D eigenvalue weighted by atomic mass is 9.87. The fraction of sp³-hybridized carbons (Fsp3) is 0.755. The van der Waals surface area contributed by atoms with Crippen LogP contribution in [0.4, 0.5) is 0 Å². The van der Waals surface area contributed by atoms with Crippen LogP contribution in [0.15, 0.2) is 30.3 Å². The third-order valence-electron chi connectivity index (χ3n) is 12.9. The standard InChI is InChI=1S/C49H85N7O9/c1-16-32(6)41(55(13)47(61)39(30(2)3)53-46(60)40(31(4)5)54(11)12)37(63-14)29-38(57)56-26-20-24-36(56)42(64-15)33(7)44(58)52-35(28-34-22-18-17-19-23-34)45(59)51-25-21-27-65-48(62)43(50)49(8,9)10/h17-19,22-23,30-33,35-37,39-43H,16,20-21,24-29,50H2,1-15H3,(H,51,59)(H,52,58)(H,53,60)/t32-,33+,35-,36-,37+,39-,40-,41-,42+,43+/m0/s1. The number of benzene rings is 1. The van der Waals surface area contributed by atoms with Gasteiger partial charge in [0.05, 0.1) is 49.3 Å². The topological polar surface area (TPSA) is 202 Å². The molecule has 0 aliphatic carbocycles. The average Bonchev–Trinajstić information content (AvgIpc) is 3.73. The number of rotatable bonds is 26. The SMILES string of the molecule is CC[C@H](C)[C@@H]([C@@H](CC(=O)N1CCC[C@H]1[C@H](OC)[C@@H](C)C(=O)N[C@@H](Cc1ccccc1)C(=O)NCCCOC(=O)[C@@H](N)C(C)(C)C)OC)N(C)C(=O)[C@@H](NC(=O)[C@H](C(C)C)N(C)C)C(C)C. The van der Waals surface area contributed by atoms with Crippen molar-refractivity contribution in [3.8, 4) is 0 Å². The molecule has 1 saturated heterocycles. The molecule has 1 aromatic carbocycles. The molecule has 5 N–H and O–H groups in total. The first-order chi connectivity index (χ1) is 30.4. The Balaban J connectivity index is 2.25. The number of hydrogen-bond acceptors (Lipinski definition) is 11. The fourth-order valence-corrected chi connectivity index (χ4v) is 8.80. The highest BCUT2D eigenvalue weighted by atomic mass is 16.5. The minimum absolute atomic E-state index is 0.0205. The minimum atomic E-state index is -0.920. The van der Waals surface area contributed by atoms with E-state index >= 15 is 0 Å². The summed E-state index contributed by atoms with van der Waals surface area (Å²) >= 11 is 0. The predicted molar refractivity (Wildman–Crippen MR) is 253 cm³/mol. The molecule has 1 aromatic rings. The molecule has 65 heavy (non-hydrogen) atoms. The van der Waals surface area contributed by atoms with E-state index in [1.54, 1.807) is 30.9 Å². The van der Waals surface area contributed by atoms with Gasteiger partial charge in [0.1, 0.15) is 18.1 Å². The normalized spacial score (nSPS) is 18.5. The Bertz CT molecular complexity index is 1660. The molecule has 0 saturated carbocycles. The number of nitrogens with zero attached hydrogens (tertiary/aromatic N) is 3. The Morgan fingerprint density at radius 3 is 2.03 bits per heavy atom. The van der Waals surface area contributed by atoms with Crippen molar-refractivity contribution in [3.63, 3.8) is 0 Å². The third kappa shape index (κ3) is 16.6. The summed E-state index contributed by atoms with van der Waals surface area (Å²) in [4.78, 5) is 87.6. The van der Waals surface area contributed by atoms with Gasteiger partial charge in [0.15, 0.2) is 0 Å². The first-order valence-corrected chi connectivity index (χ1v) is 23.6. The summed E-state index contributed by atoms with van der Waals surface area (Å²) in [5.74, 6) is -2.95. The maximum absolute atomic E-state index is 14.4. The molecule has 1 heterocycles. The highest BCUT2D eigenvalue weighted by Gasteiger charge is 2.43. The van der Waals surface area contributed by atoms with Gasteiger partial charge in [-0.15, -0.1) is 0 Å². The molecule has 1 fully saturated rings. The molecule has 0 aromatic heterocycles. The van der Waals surface area contributed by atoms with Crippen LogP contribution in [-0.4, -0.2) is 154 Å². The zero-order valence-corrected chi connectivity index (χ0v) is 42.3. The average molecular weight is 916 g/mol. The molecule has 0 bridgehead atoms. The van der Waals surface area contributed by atoms with Gasteiger partial charge in [-0.2, -0.15) is 0 Å². The monoisotopic (exact) mass is 916 g/mol. The Morgan fingerprint density at radius 1 is 0.877 bits per heavy atom. The molecule has 0 radical (unpaired) electrons. The van der Waals surface area contributed by atoms with E-state index in [-0.39, 0.29) is 67.4 Å². The zero-order valence-electron chi connectivity index (χ0n) is 42.3. The molecule has 0 spiro atoms. The molecule has 1 aliphatic rings. The number of esters is 1. The predicted octanol–water partition coefficient (Wildman–Crippen LogP) is 3.78. The number of nitrogens with one attached hydrogen (secondary N) is 3. The first-order valence-electron chi connectivity index (χ1n) is 23.6. The number of methoxy groups -OCH3 is 2.